The molecule has 8 nitrogen and oxygen atoms in total. The van der Waals surface area contributed by atoms with E-state index in [0.717, 1.165) is 15.8 Å². The number of fused-ring (bicyclic) bond motifs is 1. The number of urea groups is 1. The summed E-state index contributed by atoms with van der Waals surface area (Å²) >= 11 is 0. The van der Waals surface area contributed by atoms with Crippen LogP contribution in [0.5, 0.6) is 0 Å². The number of amides is 5. The number of imide groups is 2. The summed E-state index contributed by atoms with van der Waals surface area (Å²) in [4.78, 5) is 51.8. The summed E-state index contributed by atoms with van der Waals surface area (Å²) in [5.74, 6) is -1.71. The molecule has 5 amide bonds. The number of aromatic nitrogens is 1. The van der Waals surface area contributed by atoms with Crippen molar-refractivity contribution < 1.29 is 19.2 Å². The molecule has 0 aliphatic carbocycles. The Morgan fingerprint density at radius 1 is 0.857 bits per heavy atom. The quantitative estimate of drug-likeness (QED) is 0.345. The molecule has 5 rings (SSSR count). The molecule has 1 fully saturated rings. The van der Waals surface area contributed by atoms with E-state index in [1.165, 1.54) is 6.08 Å². The van der Waals surface area contributed by atoms with Gasteiger partial charge in [0.05, 0.1) is 5.69 Å². The van der Waals surface area contributed by atoms with E-state index in [2.05, 4.69) is 10.6 Å². The van der Waals surface area contributed by atoms with Crippen LogP contribution >= 0.6 is 0 Å². The number of para-hydroxylation sites is 3. The fraction of sp³-hybridized carbons (Fsp3) is 0.0370. The first kappa shape index (κ1) is 21.8. The lowest BCUT2D eigenvalue weighted by atomic mass is 10.1. The van der Waals surface area contributed by atoms with Crippen LogP contribution in [0.4, 0.5) is 16.2 Å². The van der Waals surface area contributed by atoms with Crippen LogP contribution in [0.1, 0.15) is 5.56 Å². The van der Waals surface area contributed by atoms with E-state index in [1.807, 2.05) is 42.5 Å². The van der Waals surface area contributed by atoms with Crippen LogP contribution < -0.4 is 15.5 Å². The van der Waals surface area contributed by atoms with Gasteiger partial charge in [-0.05, 0) is 36.4 Å². The zero-order valence-electron chi connectivity index (χ0n) is 18.5. The second-order valence-corrected chi connectivity index (χ2v) is 7.94. The van der Waals surface area contributed by atoms with E-state index in [-0.39, 0.29) is 18.0 Å². The summed E-state index contributed by atoms with van der Waals surface area (Å²) in [5.41, 5.74) is 2.21. The van der Waals surface area contributed by atoms with Crippen molar-refractivity contribution in [1.82, 2.24) is 9.88 Å². The molecule has 1 aliphatic rings. The van der Waals surface area contributed by atoms with Gasteiger partial charge in [0, 0.05) is 28.4 Å². The molecule has 172 valence electrons. The van der Waals surface area contributed by atoms with E-state index < -0.39 is 17.8 Å². The van der Waals surface area contributed by atoms with Crippen LogP contribution in [0.25, 0.3) is 17.0 Å². The summed E-state index contributed by atoms with van der Waals surface area (Å²) in [7, 11) is 0. The zero-order valence-corrected chi connectivity index (χ0v) is 18.5. The first-order chi connectivity index (χ1) is 17.0. The predicted octanol–water partition coefficient (Wildman–Crippen LogP) is 3.95. The number of benzene rings is 3. The van der Waals surface area contributed by atoms with Crippen LogP contribution in [0.3, 0.4) is 0 Å². The highest BCUT2D eigenvalue weighted by atomic mass is 16.2. The molecule has 1 aromatic heterocycles. The molecule has 3 aromatic carbocycles. The number of barbiturate groups is 1. The number of hydrogen-bond donors (Lipinski definition) is 2. The van der Waals surface area contributed by atoms with Crippen molar-refractivity contribution in [3.05, 3.63) is 102 Å². The molecular weight excluding hydrogens is 444 g/mol. The Bertz CT molecular complexity index is 1490. The van der Waals surface area contributed by atoms with Crippen molar-refractivity contribution >= 4 is 52.1 Å². The summed E-state index contributed by atoms with van der Waals surface area (Å²) in [6.45, 7) is 0.0351. The van der Waals surface area contributed by atoms with Crippen LogP contribution in [0, 0.1) is 0 Å². The zero-order chi connectivity index (χ0) is 24.4. The van der Waals surface area contributed by atoms with E-state index in [4.69, 9.17) is 0 Å². The highest BCUT2D eigenvalue weighted by molar-refractivity contribution is 6.39. The van der Waals surface area contributed by atoms with Crippen molar-refractivity contribution in [3.63, 3.8) is 0 Å². The van der Waals surface area contributed by atoms with Gasteiger partial charge in [-0.15, -0.1) is 0 Å². The standard InChI is InChI=1S/C27H20N4O4/c32-24(28-19-9-3-1-4-10-19)17-30-16-18(21-13-7-8-14-23(21)30)15-22-25(33)29-27(35)31(26(22)34)20-11-5-2-6-12-20/h1-16H,17H2,(H,28,32)(H,29,33,35)/b22-15-. The van der Waals surface area contributed by atoms with Gasteiger partial charge >= 0.3 is 6.03 Å². The van der Waals surface area contributed by atoms with Gasteiger partial charge in [-0.2, -0.15) is 0 Å². The molecular formula is C27H20N4O4. The summed E-state index contributed by atoms with van der Waals surface area (Å²) in [5, 5.41) is 5.84. The molecule has 2 N–H and O–H groups in total. The fourth-order valence-electron chi connectivity index (χ4n) is 4.02. The molecule has 4 aromatic rings. The van der Waals surface area contributed by atoms with Crippen LogP contribution in [0.2, 0.25) is 0 Å². The number of hydrogen-bond acceptors (Lipinski definition) is 4. The molecule has 0 spiro atoms. The van der Waals surface area contributed by atoms with Gasteiger partial charge in [0.25, 0.3) is 11.8 Å². The number of rotatable bonds is 5. The molecule has 0 bridgehead atoms. The van der Waals surface area contributed by atoms with Crippen molar-refractivity contribution in [1.29, 1.82) is 0 Å². The molecule has 1 saturated heterocycles. The van der Waals surface area contributed by atoms with Crippen molar-refractivity contribution in [2.24, 2.45) is 0 Å². The normalized spacial score (nSPS) is 14.9. The molecule has 2 heterocycles. The first-order valence-corrected chi connectivity index (χ1v) is 10.9. The average Bonchev–Trinajstić information content (AvgIpc) is 3.20. The van der Waals surface area contributed by atoms with Crippen LogP contribution in [-0.4, -0.2) is 28.3 Å². The van der Waals surface area contributed by atoms with Crippen molar-refractivity contribution in [3.8, 4) is 0 Å². The minimum atomic E-state index is -0.802. The van der Waals surface area contributed by atoms with E-state index in [9.17, 15) is 19.2 Å². The van der Waals surface area contributed by atoms with Gasteiger partial charge in [0.2, 0.25) is 5.91 Å². The Labute approximate surface area is 200 Å². The molecule has 0 saturated carbocycles. The third-order valence-corrected chi connectivity index (χ3v) is 5.61. The maximum absolute atomic E-state index is 13.2. The Balaban J connectivity index is 1.49. The van der Waals surface area contributed by atoms with Crippen molar-refractivity contribution in [2.75, 3.05) is 10.2 Å². The van der Waals surface area contributed by atoms with Crippen LogP contribution in [0.15, 0.2) is 96.7 Å². The first-order valence-electron chi connectivity index (χ1n) is 10.9. The minimum Gasteiger partial charge on any atom is -0.337 e. The molecule has 8 heteroatoms. The lowest BCUT2D eigenvalue weighted by Gasteiger charge is -2.26. The van der Waals surface area contributed by atoms with E-state index >= 15 is 0 Å². The summed E-state index contributed by atoms with van der Waals surface area (Å²) in [6.07, 6.45) is 3.17. The lowest BCUT2D eigenvalue weighted by molar-refractivity contribution is -0.122. The highest BCUT2D eigenvalue weighted by Crippen LogP contribution is 2.26. The third-order valence-electron chi connectivity index (χ3n) is 5.61. The lowest BCUT2D eigenvalue weighted by Crippen LogP contribution is -2.54. The largest absolute Gasteiger partial charge is 0.337 e. The van der Waals surface area contributed by atoms with Crippen LogP contribution in [-0.2, 0) is 20.9 Å². The van der Waals surface area contributed by atoms with Gasteiger partial charge in [0.15, 0.2) is 0 Å². The number of carbonyl (C=O) groups excluding carboxylic acids is 4. The van der Waals surface area contributed by atoms with Crippen molar-refractivity contribution in [2.45, 2.75) is 6.54 Å². The number of nitrogens with zero attached hydrogens (tertiary/aromatic N) is 2. The SMILES string of the molecule is O=C(Cn1cc(/C=C2/C(=O)NC(=O)N(c3ccccc3)C2=O)c2ccccc21)Nc1ccccc1. The maximum Gasteiger partial charge on any atom is 0.335 e. The maximum atomic E-state index is 13.2. The monoisotopic (exact) mass is 464 g/mol. The number of carbonyl (C=O) groups is 4. The smallest absolute Gasteiger partial charge is 0.335 e. The summed E-state index contributed by atoms with van der Waals surface area (Å²) < 4.78 is 1.76. The average molecular weight is 464 g/mol. The number of nitrogens with one attached hydrogen (secondary N) is 2. The molecule has 35 heavy (non-hydrogen) atoms. The van der Waals surface area contributed by atoms with E-state index in [1.54, 1.807) is 53.2 Å². The topological polar surface area (TPSA) is 101 Å². The third kappa shape index (κ3) is 4.32. The van der Waals surface area contributed by atoms with Gasteiger partial charge in [-0.3, -0.25) is 19.7 Å². The molecule has 1 aliphatic heterocycles. The Morgan fingerprint density at radius 3 is 2.26 bits per heavy atom. The highest BCUT2D eigenvalue weighted by Gasteiger charge is 2.36. The predicted molar refractivity (Wildman–Crippen MR) is 132 cm³/mol. The molecule has 0 unspecified atom stereocenters. The summed E-state index contributed by atoms with van der Waals surface area (Å²) in [6, 6.07) is 24.1. The Hall–Kier alpha value is -4.98. The Morgan fingerprint density at radius 2 is 1.51 bits per heavy atom. The number of anilines is 2. The second kappa shape index (κ2) is 9.11. The van der Waals surface area contributed by atoms with E-state index in [0.29, 0.717) is 16.9 Å². The van der Waals surface area contributed by atoms with Gasteiger partial charge in [-0.25, -0.2) is 9.69 Å². The second-order valence-electron chi connectivity index (χ2n) is 7.94. The fourth-order valence-corrected chi connectivity index (χ4v) is 4.02. The van der Waals surface area contributed by atoms with Gasteiger partial charge in [0.1, 0.15) is 12.1 Å². The van der Waals surface area contributed by atoms with Gasteiger partial charge in [-0.1, -0.05) is 54.6 Å². The minimum absolute atomic E-state index is 0.0351. The Kier molecular flexibility index (Phi) is 5.68. The molecule has 0 radical (unpaired) electrons. The molecule has 0 atom stereocenters. The van der Waals surface area contributed by atoms with Gasteiger partial charge < -0.3 is 9.88 Å².